The Balaban J connectivity index is 2.12. The van der Waals surface area contributed by atoms with E-state index in [-0.39, 0.29) is 22.5 Å². The van der Waals surface area contributed by atoms with E-state index in [2.05, 4.69) is 25.8 Å². The van der Waals surface area contributed by atoms with Gasteiger partial charge in [-0.1, -0.05) is 37.0 Å². The van der Waals surface area contributed by atoms with Gasteiger partial charge in [0.2, 0.25) is 11.9 Å². The second kappa shape index (κ2) is 7.43. The SMILES string of the molecule is CC(C)[C@@H](NC(=O)c1ccc(Cl)cc1Cl)C(=O)Nc1ncn[nH]1. The van der Waals surface area contributed by atoms with E-state index in [9.17, 15) is 9.59 Å². The Morgan fingerprint density at radius 3 is 2.57 bits per heavy atom. The smallest absolute Gasteiger partial charge is 0.253 e. The fourth-order valence-corrected chi connectivity index (χ4v) is 2.38. The summed E-state index contributed by atoms with van der Waals surface area (Å²) in [5.74, 6) is -0.805. The average molecular weight is 356 g/mol. The van der Waals surface area contributed by atoms with E-state index in [0.717, 1.165) is 0 Å². The van der Waals surface area contributed by atoms with Crippen LogP contribution in [0.25, 0.3) is 0 Å². The number of benzene rings is 1. The normalized spacial score (nSPS) is 12.0. The predicted octanol–water partition coefficient (Wildman–Crippen LogP) is 2.50. The average Bonchev–Trinajstić information content (AvgIpc) is 2.96. The van der Waals surface area contributed by atoms with E-state index in [1.807, 2.05) is 13.8 Å². The second-order valence-electron chi connectivity index (χ2n) is 5.14. The van der Waals surface area contributed by atoms with E-state index < -0.39 is 17.9 Å². The monoisotopic (exact) mass is 355 g/mol. The molecule has 2 amide bonds. The first kappa shape index (κ1) is 17.2. The third kappa shape index (κ3) is 4.43. The first-order chi connectivity index (χ1) is 10.9. The highest BCUT2D eigenvalue weighted by molar-refractivity contribution is 6.36. The van der Waals surface area contributed by atoms with Crippen LogP contribution in [0.3, 0.4) is 0 Å². The van der Waals surface area contributed by atoms with Gasteiger partial charge in [-0.3, -0.25) is 14.9 Å². The van der Waals surface area contributed by atoms with Crippen LogP contribution in [0.5, 0.6) is 0 Å². The van der Waals surface area contributed by atoms with Gasteiger partial charge in [0.05, 0.1) is 10.6 Å². The molecule has 0 saturated heterocycles. The van der Waals surface area contributed by atoms with Gasteiger partial charge in [-0.25, -0.2) is 5.10 Å². The van der Waals surface area contributed by atoms with Gasteiger partial charge in [-0.15, -0.1) is 0 Å². The van der Waals surface area contributed by atoms with Gasteiger partial charge in [0.15, 0.2) is 0 Å². The Morgan fingerprint density at radius 2 is 2.00 bits per heavy atom. The number of aromatic amines is 1. The zero-order valence-electron chi connectivity index (χ0n) is 12.4. The van der Waals surface area contributed by atoms with Gasteiger partial charge >= 0.3 is 0 Å². The molecule has 0 unspecified atom stereocenters. The minimum absolute atomic E-state index is 0.145. The first-order valence-electron chi connectivity index (χ1n) is 6.80. The van der Waals surface area contributed by atoms with Crippen LogP contribution in [0.2, 0.25) is 10.0 Å². The summed E-state index contributed by atoms with van der Waals surface area (Å²) in [5.41, 5.74) is 0.245. The molecule has 122 valence electrons. The Hall–Kier alpha value is -2.12. The maximum absolute atomic E-state index is 12.3. The van der Waals surface area contributed by atoms with Crippen molar-refractivity contribution in [3.63, 3.8) is 0 Å². The molecule has 23 heavy (non-hydrogen) atoms. The zero-order valence-corrected chi connectivity index (χ0v) is 13.9. The third-order valence-corrected chi connectivity index (χ3v) is 3.62. The van der Waals surface area contributed by atoms with Crippen LogP contribution in [0.4, 0.5) is 5.95 Å². The molecule has 0 radical (unpaired) electrons. The van der Waals surface area contributed by atoms with Crippen molar-refractivity contribution in [1.29, 1.82) is 0 Å². The summed E-state index contributed by atoms with van der Waals surface area (Å²) in [6.45, 7) is 3.63. The van der Waals surface area contributed by atoms with Crippen LogP contribution in [0.1, 0.15) is 24.2 Å². The molecule has 0 bridgehead atoms. The lowest BCUT2D eigenvalue weighted by atomic mass is 10.0. The van der Waals surface area contributed by atoms with E-state index in [1.165, 1.54) is 18.5 Å². The molecule has 0 spiro atoms. The second-order valence-corrected chi connectivity index (χ2v) is 5.99. The molecular weight excluding hydrogens is 341 g/mol. The van der Waals surface area contributed by atoms with E-state index >= 15 is 0 Å². The minimum Gasteiger partial charge on any atom is -0.340 e. The first-order valence-corrected chi connectivity index (χ1v) is 7.56. The van der Waals surface area contributed by atoms with Crippen molar-refractivity contribution in [2.24, 2.45) is 5.92 Å². The summed E-state index contributed by atoms with van der Waals surface area (Å²) in [5, 5.41) is 12.0. The molecule has 9 heteroatoms. The van der Waals surface area contributed by atoms with Crippen molar-refractivity contribution in [2.75, 3.05) is 5.32 Å². The minimum atomic E-state index is -0.764. The predicted molar refractivity (Wildman–Crippen MR) is 87.6 cm³/mol. The van der Waals surface area contributed by atoms with E-state index in [0.29, 0.717) is 5.02 Å². The number of aromatic nitrogens is 3. The fourth-order valence-electron chi connectivity index (χ4n) is 1.89. The molecule has 3 N–H and O–H groups in total. The number of hydrogen-bond acceptors (Lipinski definition) is 4. The number of carbonyl (C=O) groups is 2. The third-order valence-electron chi connectivity index (χ3n) is 3.07. The Labute approximate surface area is 142 Å². The maximum atomic E-state index is 12.3. The van der Waals surface area contributed by atoms with Gasteiger partial charge in [0.1, 0.15) is 12.4 Å². The number of rotatable bonds is 5. The summed E-state index contributed by atoms with van der Waals surface area (Å²) < 4.78 is 0. The molecule has 1 heterocycles. The van der Waals surface area contributed by atoms with Crippen LogP contribution in [-0.4, -0.2) is 33.0 Å². The molecule has 0 aliphatic heterocycles. The molecular formula is C14H15Cl2N5O2. The quantitative estimate of drug-likeness (QED) is 0.766. The molecule has 2 aromatic rings. The van der Waals surface area contributed by atoms with E-state index in [4.69, 9.17) is 23.2 Å². The topological polar surface area (TPSA) is 99.8 Å². The van der Waals surface area contributed by atoms with Crippen LogP contribution < -0.4 is 10.6 Å². The molecule has 1 aromatic heterocycles. The molecule has 1 atom stereocenters. The lowest BCUT2D eigenvalue weighted by Crippen LogP contribution is -2.47. The zero-order chi connectivity index (χ0) is 17.0. The van der Waals surface area contributed by atoms with Crippen molar-refractivity contribution in [3.8, 4) is 0 Å². The standard InChI is InChI=1S/C14H15Cl2N5O2/c1-7(2)11(13(23)20-14-17-6-18-21-14)19-12(22)9-4-3-8(15)5-10(9)16/h3-7,11H,1-2H3,(H,19,22)(H2,17,18,20,21,23)/t11-/m1/s1. The molecule has 0 fully saturated rings. The van der Waals surface area contributed by atoms with Crippen molar-refractivity contribution >= 4 is 41.0 Å². The van der Waals surface area contributed by atoms with Gasteiger partial charge in [-0.05, 0) is 24.1 Å². The van der Waals surface area contributed by atoms with Crippen molar-refractivity contribution in [2.45, 2.75) is 19.9 Å². The van der Waals surface area contributed by atoms with Crippen molar-refractivity contribution < 1.29 is 9.59 Å². The molecule has 0 aliphatic carbocycles. The number of halogens is 2. The van der Waals surface area contributed by atoms with E-state index in [1.54, 1.807) is 6.07 Å². The maximum Gasteiger partial charge on any atom is 0.253 e. The molecule has 0 aliphatic rings. The number of anilines is 1. The number of carbonyl (C=O) groups excluding carboxylic acids is 2. The summed E-state index contributed by atoms with van der Waals surface area (Å²) in [6, 6.07) is 3.77. The molecule has 2 rings (SSSR count). The van der Waals surface area contributed by atoms with Gasteiger partial charge < -0.3 is 5.32 Å². The number of nitrogens with zero attached hydrogens (tertiary/aromatic N) is 2. The van der Waals surface area contributed by atoms with Gasteiger partial charge in [0.25, 0.3) is 5.91 Å². The van der Waals surface area contributed by atoms with Crippen LogP contribution >= 0.6 is 23.2 Å². The number of H-pyrrole nitrogens is 1. The molecule has 0 saturated carbocycles. The van der Waals surface area contributed by atoms with Crippen LogP contribution in [0.15, 0.2) is 24.5 Å². The van der Waals surface area contributed by atoms with Crippen molar-refractivity contribution in [3.05, 3.63) is 40.1 Å². The van der Waals surface area contributed by atoms with Gasteiger partial charge in [-0.2, -0.15) is 10.1 Å². The van der Waals surface area contributed by atoms with Gasteiger partial charge in [0, 0.05) is 5.02 Å². The number of hydrogen-bond donors (Lipinski definition) is 3. The highest BCUT2D eigenvalue weighted by Gasteiger charge is 2.26. The Morgan fingerprint density at radius 1 is 1.26 bits per heavy atom. The lowest BCUT2D eigenvalue weighted by molar-refractivity contribution is -0.118. The van der Waals surface area contributed by atoms with Crippen LogP contribution in [-0.2, 0) is 4.79 Å². The molecule has 1 aromatic carbocycles. The van der Waals surface area contributed by atoms with Crippen molar-refractivity contribution in [1.82, 2.24) is 20.5 Å². The highest BCUT2D eigenvalue weighted by atomic mass is 35.5. The largest absolute Gasteiger partial charge is 0.340 e. The summed E-state index contributed by atoms with van der Waals surface area (Å²) in [6.07, 6.45) is 1.27. The highest BCUT2D eigenvalue weighted by Crippen LogP contribution is 2.21. The Bertz CT molecular complexity index is 703. The fraction of sp³-hybridized carbons (Fsp3) is 0.286. The summed E-state index contributed by atoms with van der Waals surface area (Å²) in [4.78, 5) is 28.4. The molecule has 7 nitrogen and oxygen atoms in total. The summed E-state index contributed by atoms with van der Waals surface area (Å²) >= 11 is 11.8. The number of amides is 2. The van der Waals surface area contributed by atoms with Crippen LogP contribution in [0, 0.1) is 5.92 Å². The number of nitrogens with one attached hydrogen (secondary N) is 3. The lowest BCUT2D eigenvalue weighted by Gasteiger charge is -2.21. The summed E-state index contributed by atoms with van der Waals surface area (Å²) in [7, 11) is 0. The Kier molecular flexibility index (Phi) is 5.57.